The van der Waals surface area contributed by atoms with E-state index in [2.05, 4.69) is 34.6 Å². The van der Waals surface area contributed by atoms with Gasteiger partial charge in [-0.1, -0.05) is 12.8 Å². The zero-order valence-electron chi connectivity index (χ0n) is 13.7. The van der Waals surface area contributed by atoms with E-state index in [9.17, 15) is 0 Å². The summed E-state index contributed by atoms with van der Waals surface area (Å²) in [7, 11) is 6.23. The maximum atomic E-state index is 5.40. The third-order valence-electron chi connectivity index (χ3n) is 4.87. The first-order valence-corrected chi connectivity index (χ1v) is 7.86. The maximum absolute atomic E-state index is 5.40. The van der Waals surface area contributed by atoms with Crippen LogP contribution in [0.3, 0.4) is 0 Å². The lowest BCUT2D eigenvalue weighted by molar-refractivity contribution is 0.160. The number of ether oxygens (including phenoxy) is 1. The number of rotatable bonds is 5. The molecular weight excluding hydrogens is 379 g/mol. The van der Waals surface area contributed by atoms with Crippen molar-refractivity contribution < 1.29 is 4.74 Å². The highest BCUT2D eigenvalue weighted by Crippen LogP contribution is 2.32. The van der Waals surface area contributed by atoms with Crippen molar-refractivity contribution in [2.24, 2.45) is 10.9 Å². The Morgan fingerprint density at radius 2 is 2.00 bits per heavy atom. The predicted octanol–water partition coefficient (Wildman–Crippen LogP) is 1.68. The molecule has 0 aromatic carbocycles. The van der Waals surface area contributed by atoms with Gasteiger partial charge in [-0.05, 0) is 33.4 Å². The van der Waals surface area contributed by atoms with Gasteiger partial charge in [0.05, 0.1) is 6.61 Å². The van der Waals surface area contributed by atoms with Crippen LogP contribution in [0.25, 0.3) is 0 Å². The Hall–Kier alpha value is -0.0800. The number of halogens is 1. The number of likely N-dealkylation sites (N-methyl/N-ethyl adjacent to an activating group) is 1. The first kappa shape index (κ1) is 19.0. The monoisotopic (exact) mass is 410 g/mol. The normalized spacial score (nSPS) is 25.0. The first-order valence-electron chi connectivity index (χ1n) is 7.86. The molecule has 1 aliphatic heterocycles. The zero-order valence-corrected chi connectivity index (χ0v) is 16.0. The van der Waals surface area contributed by atoms with Crippen LogP contribution in [0.5, 0.6) is 0 Å². The Balaban J connectivity index is 0.00000220. The Bertz CT molecular complexity index is 324. The Morgan fingerprint density at radius 3 is 2.52 bits per heavy atom. The lowest BCUT2D eigenvalue weighted by Crippen LogP contribution is -2.53. The fourth-order valence-electron chi connectivity index (χ4n) is 3.27. The minimum Gasteiger partial charge on any atom is -0.381 e. The molecule has 1 unspecified atom stereocenters. The number of aliphatic imine (C=N–C) groups is 1. The molecule has 1 heterocycles. The SMILES string of the molecule is CN=C(NCC1CCOC1)NCC1(N(C)C)CCCC1.I. The molecule has 1 atom stereocenters. The van der Waals surface area contributed by atoms with Gasteiger partial charge in [0.25, 0.3) is 0 Å². The molecule has 2 fully saturated rings. The van der Waals surface area contributed by atoms with Crippen molar-refractivity contribution in [3.05, 3.63) is 0 Å². The first-order chi connectivity index (χ1) is 9.66. The van der Waals surface area contributed by atoms with Gasteiger partial charge in [0.1, 0.15) is 0 Å². The summed E-state index contributed by atoms with van der Waals surface area (Å²) >= 11 is 0. The van der Waals surface area contributed by atoms with E-state index in [0.29, 0.717) is 11.5 Å². The smallest absolute Gasteiger partial charge is 0.191 e. The molecule has 2 N–H and O–H groups in total. The van der Waals surface area contributed by atoms with E-state index >= 15 is 0 Å². The Kier molecular flexibility index (Phi) is 8.26. The van der Waals surface area contributed by atoms with Gasteiger partial charge in [0.15, 0.2) is 5.96 Å². The molecule has 0 aromatic heterocycles. The van der Waals surface area contributed by atoms with Gasteiger partial charge in [-0.2, -0.15) is 0 Å². The quantitative estimate of drug-likeness (QED) is 0.412. The van der Waals surface area contributed by atoms with E-state index in [1.54, 1.807) is 0 Å². The van der Waals surface area contributed by atoms with Gasteiger partial charge in [-0.25, -0.2) is 0 Å². The number of guanidine groups is 1. The fourth-order valence-corrected chi connectivity index (χ4v) is 3.27. The second kappa shape index (κ2) is 9.15. The molecular formula is C15H31IN4O. The zero-order chi connectivity index (χ0) is 14.4. The average Bonchev–Trinajstić information content (AvgIpc) is 3.10. The van der Waals surface area contributed by atoms with Crippen LogP contribution in [0.2, 0.25) is 0 Å². The molecule has 6 heteroatoms. The number of nitrogens with zero attached hydrogens (tertiary/aromatic N) is 2. The van der Waals surface area contributed by atoms with Crippen molar-refractivity contribution in [1.82, 2.24) is 15.5 Å². The van der Waals surface area contributed by atoms with Crippen LogP contribution in [0.15, 0.2) is 4.99 Å². The van der Waals surface area contributed by atoms with Gasteiger partial charge in [-0.3, -0.25) is 4.99 Å². The van der Waals surface area contributed by atoms with Crippen molar-refractivity contribution in [3.63, 3.8) is 0 Å². The second-order valence-electron chi connectivity index (χ2n) is 6.36. The minimum absolute atomic E-state index is 0. The van der Waals surface area contributed by atoms with Crippen LogP contribution in [-0.2, 0) is 4.74 Å². The molecule has 2 aliphatic rings. The molecule has 0 aromatic rings. The van der Waals surface area contributed by atoms with Crippen LogP contribution < -0.4 is 10.6 Å². The molecule has 0 radical (unpaired) electrons. The minimum atomic E-state index is 0. The number of hydrogen-bond donors (Lipinski definition) is 2. The summed E-state index contributed by atoms with van der Waals surface area (Å²) in [5, 5.41) is 6.95. The molecule has 1 saturated heterocycles. The third-order valence-corrected chi connectivity index (χ3v) is 4.87. The van der Waals surface area contributed by atoms with E-state index in [-0.39, 0.29) is 24.0 Å². The van der Waals surface area contributed by atoms with Gasteiger partial charge in [0.2, 0.25) is 0 Å². The summed E-state index contributed by atoms with van der Waals surface area (Å²) in [6.45, 7) is 3.71. The van der Waals surface area contributed by atoms with Crippen molar-refractivity contribution in [1.29, 1.82) is 0 Å². The van der Waals surface area contributed by atoms with Gasteiger partial charge in [0, 0.05) is 38.2 Å². The maximum Gasteiger partial charge on any atom is 0.191 e. The van der Waals surface area contributed by atoms with Crippen LogP contribution in [0.1, 0.15) is 32.1 Å². The van der Waals surface area contributed by atoms with E-state index < -0.39 is 0 Å². The highest BCUT2D eigenvalue weighted by atomic mass is 127. The molecule has 21 heavy (non-hydrogen) atoms. The molecule has 2 rings (SSSR count). The van der Waals surface area contributed by atoms with Crippen LogP contribution in [0, 0.1) is 5.92 Å². The van der Waals surface area contributed by atoms with Crippen molar-refractivity contribution in [2.75, 3.05) is 47.4 Å². The molecule has 1 saturated carbocycles. The largest absolute Gasteiger partial charge is 0.381 e. The van der Waals surface area contributed by atoms with E-state index in [0.717, 1.165) is 38.7 Å². The number of hydrogen-bond acceptors (Lipinski definition) is 3. The van der Waals surface area contributed by atoms with E-state index in [1.165, 1.54) is 25.7 Å². The molecule has 1 aliphatic carbocycles. The molecule has 124 valence electrons. The third kappa shape index (κ3) is 5.25. The highest BCUT2D eigenvalue weighted by molar-refractivity contribution is 14.0. The summed E-state index contributed by atoms with van der Waals surface area (Å²) in [4.78, 5) is 6.72. The molecule has 0 spiro atoms. The van der Waals surface area contributed by atoms with Crippen LogP contribution >= 0.6 is 24.0 Å². The van der Waals surface area contributed by atoms with Gasteiger partial charge < -0.3 is 20.3 Å². The fraction of sp³-hybridized carbons (Fsp3) is 0.933. The number of nitrogens with one attached hydrogen (secondary N) is 2. The highest BCUT2D eigenvalue weighted by Gasteiger charge is 2.35. The topological polar surface area (TPSA) is 48.9 Å². The van der Waals surface area contributed by atoms with Crippen molar-refractivity contribution in [3.8, 4) is 0 Å². The van der Waals surface area contributed by atoms with Crippen molar-refractivity contribution in [2.45, 2.75) is 37.6 Å². The van der Waals surface area contributed by atoms with Gasteiger partial charge in [-0.15, -0.1) is 24.0 Å². The molecule has 0 bridgehead atoms. The summed E-state index contributed by atoms with van der Waals surface area (Å²) in [6, 6.07) is 0. The molecule has 0 amide bonds. The predicted molar refractivity (Wildman–Crippen MR) is 98.6 cm³/mol. The van der Waals surface area contributed by atoms with Crippen LogP contribution in [-0.4, -0.2) is 63.8 Å². The summed E-state index contributed by atoms with van der Waals surface area (Å²) < 4.78 is 5.40. The second-order valence-corrected chi connectivity index (χ2v) is 6.36. The van der Waals surface area contributed by atoms with Crippen LogP contribution in [0.4, 0.5) is 0 Å². The van der Waals surface area contributed by atoms with Gasteiger partial charge >= 0.3 is 0 Å². The van der Waals surface area contributed by atoms with E-state index in [4.69, 9.17) is 4.74 Å². The Morgan fingerprint density at radius 1 is 1.29 bits per heavy atom. The average molecular weight is 410 g/mol. The summed E-state index contributed by atoms with van der Waals surface area (Å²) in [5.74, 6) is 1.55. The van der Waals surface area contributed by atoms with Crippen molar-refractivity contribution >= 4 is 29.9 Å². The van der Waals surface area contributed by atoms with E-state index in [1.807, 2.05) is 7.05 Å². The summed E-state index contributed by atoms with van der Waals surface area (Å²) in [6.07, 6.45) is 6.39. The molecule has 5 nitrogen and oxygen atoms in total. The summed E-state index contributed by atoms with van der Waals surface area (Å²) in [5.41, 5.74) is 0.300. The lowest BCUT2D eigenvalue weighted by atomic mass is 9.96. The Labute approximate surface area is 146 Å². The lowest BCUT2D eigenvalue weighted by Gasteiger charge is -2.37. The standard InChI is InChI=1S/C15H30N4O.HI/c1-16-14(17-10-13-6-9-20-11-13)18-12-15(19(2)3)7-4-5-8-15;/h13H,4-12H2,1-3H3,(H2,16,17,18);1H.